The predicted molar refractivity (Wildman–Crippen MR) is 76.9 cm³/mol. The minimum Gasteiger partial charge on any atom is -0.387 e. The first-order valence-electron chi connectivity index (χ1n) is 5.60. The van der Waals surface area contributed by atoms with Crippen molar-refractivity contribution in [3.63, 3.8) is 0 Å². The van der Waals surface area contributed by atoms with E-state index in [-0.39, 0.29) is 5.91 Å². The van der Waals surface area contributed by atoms with Gasteiger partial charge in [-0.3, -0.25) is 9.00 Å². The lowest BCUT2D eigenvalue weighted by atomic mass is 10.1. The molecular formula is C12H17ClN2O2S. The summed E-state index contributed by atoms with van der Waals surface area (Å²) in [6.07, 6.45) is 2.35. The lowest BCUT2D eigenvalue weighted by molar-refractivity contribution is 0.0954. The molecule has 0 aliphatic heterocycles. The van der Waals surface area contributed by atoms with Gasteiger partial charge in [-0.15, -0.1) is 0 Å². The van der Waals surface area contributed by atoms with Crippen molar-refractivity contribution < 1.29 is 9.00 Å². The van der Waals surface area contributed by atoms with E-state index in [1.54, 1.807) is 31.5 Å². The molecule has 0 bridgehead atoms. The Kier molecular flexibility index (Phi) is 6.15. The van der Waals surface area contributed by atoms with Crippen LogP contribution >= 0.6 is 11.6 Å². The van der Waals surface area contributed by atoms with Gasteiger partial charge in [0.25, 0.3) is 5.91 Å². The molecule has 0 saturated heterocycles. The summed E-state index contributed by atoms with van der Waals surface area (Å²) < 4.78 is 10.9. The van der Waals surface area contributed by atoms with E-state index in [2.05, 4.69) is 10.6 Å². The Morgan fingerprint density at radius 3 is 2.78 bits per heavy atom. The molecule has 2 N–H and O–H groups in total. The zero-order valence-electron chi connectivity index (χ0n) is 10.5. The van der Waals surface area contributed by atoms with Crippen LogP contribution in [0.5, 0.6) is 0 Å². The molecular weight excluding hydrogens is 272 g/mol. The number of carbonyl (C=O) groups is 1. The number of nitrogens with one attached hydrogen (secondary N) is 2. The maximum atomic E-state index is 11.9. The third kappa shape index (κ3) is 4.66. The summed E-state index contributed by atoms with van der Waals surface area (Å²) in [5.74, 6) is 0.415. The maximum absolute atomic E-state index is 11.9. The first-order valence-corrected chi connectivity index (χ1v) is 7.70. The number of anilines is 1. The van der Waals surface area contributed by atoms with E-state index in [9.17, 15) is 9.00 Å². The van der Waals surface area contributed by atoms with Crippen molar-refractivity contribution in [2.24, 2.45) is 0 Å². The van der Waals surface area contributed by atoms with Crippen molar-refractivity contribution in [2.45, 2.75) is 6.42 Å². The standard InChI is InChI=1S/C12H17ClN2O2S/c1-14-11-5-4-9(13)8-10(11)12(16)15-6-3-7-18(2)17/h4-5,8,14H,3,6-7H2,1-2H3,(H,15,16). The molecule has 0 radical (unpaired) electrons. The van der Waals surface area contributed by atoms with Gasteiger partial charge in [0.2, 0.25) is 0 Å². The number of benzene rings is 1. The molecule has 0 spiro atoms. The van der Waals surface area contributed by atoms with E-state index in [4.69, 9.17) is 11.6 Å². The molecule has 1 aromatic carbocycles. The highest BCUT2D eigenvalue weighted by Gasteiger charge is 2.10. The predicted octanol–water partition coefficient (Wildman–Crippen LogP) is 1.88. The Hall–Kier alpha value is -1.07. The lowest BCUT2D eigenvalue weighted by Crippen LogP contribution is -2.26. The van der Waals surface area contributed by atoms with Crippen molar-refractivity contribution >= 4 is 34.0 Å². The smallest absolute Gasteiger partial charge is 0.253 e. The average Bonchev–Trinajstić information content (AvgIpc) is 2.34. The molecule has 0 heterocycles. The quantitative estimate of drug-likeness (QED) is 0.786. The molecule has 0 aromatic heterocycles. The fraction of sp³-hybridized carbons (Fsp3) is 0.417. The largest absolute Gasteiger partial charge is 0.387 e. The summed E-state index contributed by atoms with van der Waals surface area (Å²) in [6, 6.07) is 5.11. The van der Waals surface area contributed by atoms with Crippen LogP contribution in [0.25, 0.3) is 0 Å². The van der Waals surface area contributed by atoms with Crippen LogP contribution in [-0.2, 0) is 10.8 Å². The minimum absolute atomic E-state index is 0.177. The lowest BCUT2D eigenvalue weighted by Gasteiger charge is -2.10. The Morgan fingerprint density at radius 1 is 1.44 bits per heavy atom. The highest BCUT2D eigenvalue weighted by molar-refractivity contribution is 7.84. The number of hydrogen-bond acceptors (Lipinski definition) is 3. The van der Waals surface area contributed by atoms with Gasteiger partial charge in [-0.2, -0.15) is 0 Å². The average molecular weight is 289 g/mol. The maximum Gasteiger partial charge on any atom is 0.253 e. The zero-order chi connectivity index (χ0) is 13.5. The van der Waals surface area contributed by atoms with E-state index in [1.807, 2.05) is 0 Å². The molecule has 1 aromatic rings. The molecule has 1 atom stereocenters. The fourth-order valence-electron chi connectivity index (χ4n) is 1.49. The van der Waals surface area contributed by atoms with E-state index in [1.165, 1.54) is 0 Å². The molecule has 1 amide bonds. The summed E-state index contributed by atoms with van der Waals surface area (Å²) in [5, 5.41) is 6.25. The highest BCUT2D eigenvalue weighted by atomic mass is 35.5. The molecule has 6 heteroatoms. The molecule has 100 valence electrons. The Bertz CT molecular complexity index is 452. The van der Waals surface area contributed by atoms with Gasteiger partial charge in [-0.25, -0.2) is 0 Å². The third-order valence-electron chi connectivity index (χ3n) is 2.39. The van der Waals surface area contributed by atoms with Crippen LogP contribution in [0.1, 0.15) is 16.8 Å². The monoisotopic (exact) mass is 288 g/mol. The molecule has 1 unspecified atom stereocenters. The van der Waals surface area contributed by atoms with Crippen LogP contribution in [0.15, 0.2) is 18.2 Å². The van der Waals surface area contributed by atoms with Gasteiger partial charge < -0.3 is 10.6 Å². The van der Waals surface area contributed by atoms with Crippen molar-refractivity contribution in [1.82, 2.24) is 5.32 Å². The second-order valence-corrected chi connectivity index (χ2v) is 5.82. The number of carbonyl (C=O) groups excluding carboxylic acids is 1. The Labute approximate surface area is 115 Å². The van der Waals surface area contributed by atoms with Gasteiger partial charge in [0.15, 0.2) is 0 Å². The van der Waals surface area contributed by atoms with Crippen molar-refractivity contribution in [3.05, 3.63) is 28.8 Å². The van der Waals surface area contributed by atoms with E-state index in [0.717, 1.165) is 5.69 Å². The molecule has 1 rings (SSSR count). The van der Waals surface area contributed by atoms with Crippen molar-refractivity contribution in [2.75, 3.05) is 30.9 Å². The Balaban J connectivity index is 2.60. The van der Waals surface area contributed by atoms with Crippen LogP contribution < -0.4 is 10.6 Å². The van der Waals surface area contributed by atoms with E-state index in [0.29, 0.717) is 29.3 Å². The van der Waals surface area contributed by atoms with Gasteiger partial charge in [0, 0.05) is 47.1 Å². The molecule has 4 nitrogen and oxygen atoms in total. The topological polar surface area (TPSA) is 58.2 Å². The second-order valence-electron chi connectivity index (χ2n) is 3.83. The van der Waals surface area contributed by atoms with Crippen LogP contribution in [0, 0.1) is 0 Å². The summed E-state index contributed by atoms with van der Waals surface area (Å²) in [5.41, 5.74) is 1.25. The van der Waals surface area contributed by atoms with Gasteiger partial charge in [0.1, 0.15) is 0 Å². The van der Waals surface area contributed by atoms with E-state index < -0.39 is 10.8 Å². The van der Waals surface area contributed by atoms with Crippen LogP contribution in [-0.4, -0.2) is 35.7 Å². The molecule has 0 aliphatic carbocycles. The summed E-state index contributed by atoms with van der Waals surface area (Å²) in [6.45, 7) is 0.508. The van der Waals surface area contributed by atoms with Crippen LogP contribution in [0.3, 0.4) is 0 Å². The number of halogens is 1. The van der Waals surface area contributed by atoms with Crippen molar-refractivity contribution in [3.8, 4) is 0 Å². The van der Waals surface area contributed by atoms with Crippen LogP contribution in [0.4, 0.5) is 5.69 Å². The van der Waals surface area contributed by atoms with Gasteiger partial charge in [-0.1, -0.05) is 11.6 Å². The van der Waals surface area contributed by atoms with Crippen molar-refractivity contribution in [1.29, 1.82) is 0 Å². The SMILES string of the molecule is CNc1ccc(Cl)cc1C(=O)NCCCS(C)=O. The van der Waals surface area contributed by atoms with E-state index >= 15 is 0 Å². The normalized spacial score (nSPS) is 11.9. The highest BCUT2D eigenvalue weighted by Crippen LogP contribution is 2.20. The van der Waals surface area contributed by atoms with Gasteiger partial charge in [0.05, 0.1) is 5.56 Å². The number of rotatable bonds is 6. The molecule has 0 saturated carbocycles. The zero-order valence-corrected chi connectivity index (χ0v) is 12.0. The molecule has 0 fully saturated rings. The number of hydrogen-bond donors (Lipinski definition) is 2. The first kappa shape index (κ1) is 15.0. The van der Waals surface area contributed by atoms with Gasteiger partial charge >= 0.3 is 0 Å². The van der Waals surface area contributed by atoms with Gasteiger partial charge in [-0.05, 0) is 24.6 Å². The molecule has 18 heavy (non-hydrogen) atoms. The first-order chi connectivity index (χ1) is 8.54. The summed E-state index contributed by atoms with van der Waals surface area (Å²) in [4.78, 5) is 11.9. The van der Waals surface area contributed by atoms with Crippen LogP contribution in [0.2, 0.25) is 5.02 Å². The Morgan fingerprint density at radius 2 is 2.17 bits per heavy atom. The minimum atomic E-state index is -0.819. The fourth-order valence-corrected chi connectivity index (χ4v) is 2.22. The summed E-state index contributed by atoms with van der Waals surface area (Å²) in [7, 11) is 0.931. The second kappa shape index (κ2) is 7.38. The summed E-state index contributed by atoms with van der Waals surface area (Å²) >= 11 is 5.87. The third-order valence-corrected chi connectivity index (χ3v) is 3.49. The number of amides is 1. The molecule has 0 aliphatic rings.